The maximum absolute atomic E-state index is 13.2. The number of hydrogen-bond acceptors (Lipinski definition) is 5. The SMILES string of the molecule is COc1cccc(CNC(=O)c2ccc(C(=O)NC(Cc3ccc(CN)cc3)C(=O)NCc3ccc(C)cc3)cc2)c1. The van der Waals surface area contributed by atoms with Crippen molar-refractivity contribution in [3.05, 3.63) is 136 Å². The van der Waals surface area contributed by atoms with Crippen molar-refractivity contribution >= 4 is 17.7 Å². The molecule has 1 atom stereocenters. The van der Waals surface area contributed by atoms with Crippen LogP contribution in [0.1, 0.15) is 48.5 Å². The van der Waals surface area contributed by atoms with Gasteiger partial charge in [-0.1, -0.05) is 66.2 Å². The van der Waals surface area contributed by atoms with Crippen LogP contribution in [0.4, 0.5) is 0 Å². The number of hydrogen-bond donors (Lipinski definition) is 4. The number of ether oxygens (including phenoxy) is 1. The number of nitrogens with one attached hydrogen (secondary N) is 3. The van der Waals surface area contributed by atoms with E-state index in [0.717, 1.165) is 27.8 Å². The average molecular weight is 565 g/mol. The van der Waals surface area contributed by atoms with E-state index < -0.39 is 11.9 Å². The fourth-order valence-corrected chi connectivity index (χ4v) is 4.36. The predicted octanol–water partition coefficient (Wildman–Crippen LogP) is 4.05. The molecule has 0 spiro atoms. The molecule has 4 aromatic carbocycles. The molecule has 0 aliphatic carbocycles. The minimum absolute atomic E-state index is 0.265. The van der Waals surface area contributed by atoms with Gasteiger partial charge >= 0.3 is 0 Å². The number of amides is 3. The van der Waals surface area contributed by atoms with Crippen molar-refractivity contribution in [3.8, 4) is 5.75 Å². The van der Waals surface area contributed by atoms with Crippen LogP contribution in [0.5, 0.6) is 5.75 Å². The number of methoxy groups -OCH3 is 1. The molecule has 0 aliphatic rings. The zero-order valence-corrected chi connectivity index (χ0v) is 23.9. The predicted molar refractivity (Wildman–Crippen MR) is 163 cm³/mol. The van der Waals surface area contributed by atoms with Crippen LogP contribution in [0.3, 0.4) is 0 Å². The Hall–Kier alpha value is -4.95. The highest BCUT2D eigenvalue weighted by Gasteiger charge is 2.22. The Labute approximate surface area is 246 Å². The number of rotatable bonds is 12. The van der Waals surface area contributed by atoms with E-state index in [0.29, 0.717) is 42.9 Å². The van der Waals surface area contributed by atoms with E-state index in [4.69, 9.17) is 10.5 Å². The fourth-order valence-electron chi connectivity index (χ4n) is 4.36. The van der Waals surface area contributed by atoms with E-state index in [1.165, 1.54) is 0 Å². The average Bonchev–Trinajstić information content (AvgIpc) is 3.03. The van der Waals surface area contributed by atoms with Gasteiger partial charge in [0.05, 0.1) is 7.11 Å². The Kier molecular flexibility index (Phi) is 10.4. The maximum atomic E-state index is 13.2. The first kappa shape index (κ1) is 30.0. The summed E-state index contributed by atoms with van der Waals surface area (Å²) in [6.45, 7) is 3.11. The van der Waals surface area contributed by atoms with E-state index in [1.807, 2.05) is 79.7 Å². The standard InChI is InChI=1S/C34H36N4O4/c1-23-6-8-26(9-7-23)21-37-34(41)31(19-24-10-12-25(20-35)13-11-24)38-33(40)29-16-14-28(15-17-29)32(39)36-22-27-4-3-5-30(18-27)42-2/h3-18,31H,19-22,35H2,1-2H3,(H,36,39)(H,37,41)(H,38,40). The summed E-state index contributed by atoms with van der Waals surface area (Å²) in [6, 6.07) is 28.5. The van der Waals surface area contributed by atoms with Gasteiger partial charge in [-0.3, -0.25) is 14.4 Å². The molecule has 0 fully saturated rings. The first-order valence-electron chi connectivity index (χ1n) is 13.8. The lowest BCUT2D eigenvalue weighted by Gasteiger charge is -2.19. The summed E-state index contributed by atoms with van der Waals surface area (Å²) in [5.74, 6) is -0.251. The van der Waals surface area contributed by atoms with Crippen LogP contribution in [0, 0.1) is 6.92 Å². The molecule has 0 saturated carbocycles. The second-order valence-corrected chi connectivity index (χ2v) is 10.1. The number of carbonyl (C=O) groups excluding carboxylic acids is 3. The number of aryl methyl sites for hydroxylation is 1. The Morgan fingerprint density at radius 1 is 0.714 bits per heavy atom. The van der Waals surface area contributed by atoms with Gasteiger partial charge in [-0.25, -0.2) is 0 Å². The van der Waals surface area contributed by atoms with Crippen molar-refractivity contribution in [2.75, 3.05) is 7.11 Å². The van der Waals surface area contributed by atoms with Gasteiger partial charge in [-0.2, -0.15) is 0 Å². The van der Waals surface area contributed by atoms with Gasteiger partial charge in [0, 0.05) is 37.2 Å². The number of nitrogens with two attached hydrogens (primary N) is 1. The molecule has 1 unspecified atom stereocenters. The van der Waals surface area contributed by atoms with Gasteiger partial charge < -0.3 is 26.4 Å². The summed E-state index contributed by atoms with van der Waals surface area (Å²) in [5, 5.41) is 8.69. The molecule has 8 nitrogen and oxygen atoms in total. The Morgan fingerprint density at radius 3 is 1.95 bits per heavy atom. The summed E-state index contributed by atoms with van der Waals surface area (Å²) < 4.78 is 5.22. The normalized spacial score (nSPS) is 11.3. The van der Waals surface area contributed by atoms with E-state index in [2.05, 4.69) is 16.0 Å². The second kappa shape index (κ2) is 14.6. The number of carbonyl (C=O) groups is 3. The molecule has 4 rings (SSSR count). The quantitative estimate of drug-likeness (QED) is 0.207. The van der Waals surface area contributed by atoms with Crippen molar-refractivity contribution in [2.24, 2.45) is 5.73 Å². The van der Waals surface area contributed by atoms with Crippen molar-refractivity contribution in [2.45, 2.75) is 39.0 Å². The smallest absolute Gasteiger partial charge is 0.251 e. The maximum Gasteiger partial charge on any atom is 0.251 e. The first-order valence-corrected chi connectivity index (χ1v) is 13.8. The topological polar surface area (TPSA) is 123 Å². The zero-order chi connectivity index (χ0) is 29.9. The van der Waals surface area contributed by atoms with E-state index >= 15 is 0 Å². The minimum atomic E-state index is -0.808. The third kappa shape index (κ3) is 8.52. The molecule has 4 aromatic rings. The third-order valence-electron chi connectivity index (χ3n) is 6.90. The molecule has 8 heteroatoms. The molecule has 0 heterocycles. The molecule has 0 aromatic heterocycles. The van der Waals surface area contributed by atoms with E-state index in [9.17, 15) is 14.4 Å². The van der Waals surface area contributed by atoms with Crippen LogP contribution >= 0.6 is 0 Å². The molecule has 5 N–H and O–H groups in total. The van der Waals surface area contributed by atoms with Crippen molar-refractivity contribution in [3.63, 3.8) is 0 Å². The van der Waals surface area contributed by atoms with Crippen molar-refractivity contribution in [1.29, 1.82) is 0 Å². The first-order chi connectivity index (χ1) is 20.3. The van der Waals surface area contributed by atoms with Crippen LogP contribution in [-0.2, 0) is 30.8 Å². The van der Waals surface area contributed by atoms with Gasteiger partial charge in [0.25, 0.3) is 11.8 Å². The summed E-state index contributed by atoms with van der Waals surface area (Å²) in [5.41, 5.74) is 11.4. The molecule has 0 saturated heterocycles. The summed E-state index contributed by atoms with van der Waals surface area (Å²) in [7, 11) is 1.59. The minimum Gasteiger partial charge on any atom is -0.497 e. The highest BCUT2D eigenvalue weighted by atomic mass is 16.5. The zero-order valence-electron chi connectivity index (χ0n) is 23.9. The van der Waals surface area contributed by atoms with Gasteiger partial charge in [-0.05, 0) is 65.6 Å². The summed E-state index contributed by atoms with van der Waals surface area (Å²) in [4.78, 5) is 39.1. The van der Waals surface area contributed by atoms with Gasteiger partial charge in [0.1, 0.15) is 11.8 Å². The third-order valence-corrected chi connectivity index (χ3v) is 6.90. The monoisotopic (exact) mass is 564 g/mol. The fraction of sp³-hybridized carbons (Fsp3) is 0.206. The van der Waals surface area contributed by atoms with Crippen LogP contribution in [-0.4, -0.2) is 30.9 Å². The molecular weight excluding hydrogens is 528 g/mol. The summed E-state index contributed by atoms with van der Waals surface area (Å²) >= 11 is 0. The largest absolute Gasteiger partial charge is 0.497 e. The molecular formula is C34H36N4O4. The van der Waals surface area contributed by atoms with Crippen LogP contribution in [0.15, 0.2) is 97.1 Å². The van der Waals surface area contributed by atoms with E-state index in [1.54, 1.807) is 31.4 Å². The molecule has 3 amide bonds. The highest BCUT2D eigenvalue weighted by Crippen LogP contribution is 2.13. The Balaban J connectivity index is 1.40. The molecule has 0 radical (unpaired) electrons. The van der Waals surface area contributed by atoms with E-state index in [-0.39, 0.29) is 11.8 Å². The highest BCUT2D eigenvalue weighted by molar-refractivity contribution is 5.99. The van der Waals surface area contributed by atoms with Gasteiger partial charge in [0.15, 0.2) is 0 Å². The number of benzene rings is 4. The molecule has 42 heavy (non-hydrogen) atoms. The van der Waals surface area contributed by atoms with Crippen LogP contribution in [0.25, 0.3) is 0 Å². The van der Waals surface area contributed by atoms with Crippen molar-refractivity contribution in [1.82, 2.24) is 16.0 Å². The lowest BCUT2D eigenvalue weighted by molar-refractivity contribution is -0.123. The molecule has 0 bridgehead atoms. The Morgan fingerprint density at radius 2 is 1.31 bits per heavy atom. The Bertz CT molecular complexity index is 1500. The molecule has 0 aliphatic heterocycles. The van der Waals surface area contributed by atoms with Crippen LogP contribution in [0.2, 0.25) is 0 Å². The lowest BCUT2D eigenvalue weighted by Crippen LogP contribution is -2.47. The molecule has 216 valence electrons. The summed E-state index contributed by atoms with van der Waals surface area (Å²) in [6.07, 6.45) is 0.307. The van der Waals surface area contributed by atoms with Gasteiger partial charge in [0.2, 0.25) is 5.91 Å². The van der Waals surface area contributed by atoms with Crippen LogP contribution < -0.4 is 26.4 Å². The van der Waals surface area contributed by atoms with Gasteiger partial charge in [-0.15, -0.1) is 0 Å². The second-order valence-electron chi connectivity index (χ2n) is 10.1. The van der Waals surface area contributed by atoms with Crippen molar-refractivity contribution < 1.29 is 19.1 Å². The lowest BCUT2D eigenvalue weighted by atomic mass is 10.0.